The predicted octanol–water partition coefficient (Wildman–Crippen LogP) is 4.68. The van der Waals surface area contributed by atoms with Crippen LogP contribution < -0.4 is 10.1 Å². The quantitative estimate of drug-likeness (QED) is 0.470. The maximum atomic E-state index is 12.9. The van der Waals surface area contributed by atoms with Crippen LogP contribution >= 0.6 is 11.6 Å². The smallest absolute Gasteiger partial charge is 0.267 e. The van der Waals surface area contributed by atoms with E-state index in [2.05, 4.69) is 15.3 Å². The van der Waals surface area contributed by atoms with Crippen molar-refractivity contribution in [3.05, 3.63) is 59.0 Å². The molecule has 33 heavy (non-hydrogen) atoms. The lowest BCUT2D eigenvalue weighted by atomic mass is 9.91. The fraction of sp³-hybridized carbons (Fsp3) is 0.400. The van der Waals surface area contributed by atoms with Crippen LogP contribution in [0.4, 0.5) is 0 Å². The highest BCUT2D eigenvalue weighted by molar-refractivity contribution is 6.31. The Morgan fingerprint density at radius 3 is 2.79 bits per heavy atom. The van der Waals surface area contributed by atoms with E-state index in [9.17, 15) is 9.59 Å². The summed E-state index contributed by atoms with van der Waals surface area (Å²) in [5.41, 5.74) is 1.99. The van der Waals surface area contributed by atoms with Crippen molar-refractivity contribution < 1.29 is 14.3 Å². The number of piperidine rings is 1. The Bertz CT molecular complexity index is 1090. The van der Waals surface area contributed by atoms with Crippen molar-refractivity contribution in [3.63, 3.8) is 0 Å². The van der Waals surface area contributed by atoms with Gasteiger partial charge in [0.15, 0.2) is 0 Å². The number of carbonyl (C=O) groups is 2. The van der Waals surface area contributed by atoms with Gasteiger partial charge in [-0.2, -0.15) is 0 Å². The minimum atomic E-state index is -0.0885. The number of nitrogens with zero attached hydrogens (tertiary/aromatic N) is 2. The van der Waals surface area contributed by atoms with E-state index in [4.69, 9.17) is 16.3 Å². The van der Waals surface area contributed by atoms with Crippen molar-refractivity contribution in [2.24, 2.45) is 5.92 Å². The van der Waals surface area contributed by atoms with E-state index in [1.165, 1.54) is 0 Å². The number of hydrogen-bond donors (Lipinski definition) is 2. The van der Waals surface area contributed by atoms with E-state index in [1.807, 2.05) is 17.0 Å². The molecule has 0 saturated carbocycles. The van der Waals surface area contributed by atoms with Gasteiger partial charge in [0.05, 0.1) is 12.7 Å². The summed E-state index contributed by atoms with van der Waals surface area (Å²) in [6.45, 7) is 2.13. The molecule has 1 saturated heterocycles. The maximum Gasteiger partial charge on any atom is 0.267 e. The minimum Gasteiger partial charge on any atom is -0.496 e. The summed E-state index contributed by atoms with van der Waals surface area (Å²) in [4.78, 5) is 34.3. The molecule has 1 aromatic carbocycles. The molecular formula is C25H29ClN4O3. The average Bonchev–Trinajstić information content (AvgIpc) is 3.28. The number of amides is 2. The van der Waals surface area contributed by atoms with Crippen molar-refractivity contribution in [1.82, 2.24) is 20.2 Å². The largest absolute Gasteiger partial charge is 0.496 e. The number of methoxy groups -OCH3 is 1. The van der Waals surface area contributed by atoms with Gasteiger partial charge in [-0.15, -0.1) is 0 Å². The first-order valence-corrected chi connectivity index (χ1v) is 11.8. The second kappa shape index (κ2) is 10.7. The van der Waals surface area contributed by atoms with Gasteiger partial charge in [-0.1, -0.05) is 24.4 Å². The zero-order valence-corrected chi connectivity index (χ0v) is 19.5. The van der Waals surface area contributed by atoms with Crippen molar-refractivity contribution in [2.45, 2.75) is 32.1 Å². The third kappa shape index (κ3) is 5.66. The molecule has 0 radical (unpaired) electrons. The van der Waals surface area contributed by atoms with Crippen LogP contribution in [0.15, 0.2) is 42.7 Å². The molecule has 174 valence electrons. The summed E-state index contributed by atoms with van der Waals surface area (Å²) in [5, 5.41) is 4.45. The molecule has 0 aliphatic carbocycles. The Balaban J connectivity index is 1.16. The lowest BCUT2D eigenvalue weighted by Gasteiger charge is -2.32. The Hall–Kier alpha value is -3.06. The molecular weight excluding hydrogens is 440 g/mol. The number of halogens is 1. The van der Waals surface area contributed by atoms with Crippen LogP contribution in [0.25, 0.3) is 10.9 Å². The number of rotatable bonds is 8. The number of nitrogens with one attached hydrogen (secondary N) is 2. The summed E-state index contributed by atoms with van der Waals surface area (Å²) in [6.07, 6.45) is 8.52. The van der Waals surface area contributed by atoms with Crippen LogP contribution in [-0.4, -0.2) is 53.4 Å². The normalized spacial score (nSPS) is 14.4. The number of hydrogen-bond acceptors (Lipinski definition) is 4. The standard InChI is InChI=1S/C25H29ClN4O3/c1-33-23-6-5-19(26)15-20(23)25(32)30-12-8-17(9-13-30)4-2-3-10-28-24(31)22-14-18-16-27-11-7-21(18)29-22/h5-7,11,14-17,29H,2-4,8-10,12-13H2,1H3,(H,28,31). The van der Waals surface area contributed by atoms with Gasteiger partial charge in [0.25, 0.3) is 11.8 Å². The minimum absolute atomic E-state index is 0.0247. The van der Waals surface area contributed by atoms with Crippen LogP contribution in [0.1, 0.15) is 53.0 Å². The first kappa shape index (κ1) is 23.1. The monoisotopic (exact) mass is 468 g/mol. The van der Waals surface area contributed by atoms with Crippen molar-refractivity contribution in [2.75, 3.05) is 26.7 Å². The fourth-order valence-electron chi connectivity index (χ4n) is 4.39. The number of H-pyrrole nitrogens is 1. The van der Waals surface area contributed by atoms with Gasteiger partial charge in [-0.3, -0.25) is 14.6 Å². The molecule has 1 fully saturated rings. The lowest BCUT2D eigenvalue weighted by Crippen LogP contribution is -2.38. The zero-order valence-electron chi connectivity index (χ0n) is 18.8. The van der Waals surface area contributed by atoms with Crippen LogP contribution in [0, 0.1) is 5.92 Å². The second-order valence-electron chi connectivity index (χ2n) is 8.48. The van der Waals surface area contributed by atoms with Gasteiger partial charge in [0.2, 0.25) is 0 Å². The molecule has 1 aliphatic rings. The number of likely N-dealkylation sites (tertiary alicyclic amines) is 1. The number of ether oxygens (including phenoxy) is 1. The number of aromatic nitrogens is 2. The van der Waals surface area contributed by atoms with Crippen LogP contribution in [0.5, 0.6) is 5.75 Å². The Morgan fingerprint density at radius 1 is 1.21 bits per heavy atom. The van der Waals surface area contributed by atoms with Gasteiger partial charge in [0.1, 0.15) is 11.4 Å². The summed E-state index contributed by atoms with van der Waals surface area (Å²) in [5.74, 6) is 1.04. The van der Waals surface area contributed by atoms with Crippen molar-refractivity contribution >= 4 is 34.3 Å². The molecule has 3 heterocycles. The highest BCUT2D eigenvalue weighted by atomic mass is 35.5. The summed E-state index contributed by atoms with van der Waals surface area (Å²) in [7, 11) is 1.56. The highest BCUT2D eigenvalue weighted by Gasteiger charge is 2.25. The maximum absolute atomic E-state index is 12.9. The van der Waals surface area contributed by atoms with Crippen LogP contribution in [0.2, 0.25) is 5.02 Å². The molecule has 0 unspecified atom stereocenters. The number of benzene rings is 1. The molecule has 2 aromatic heterocycles. The molecule has 3 aromatic rings. The highest BCUT2D eigenvalue weighted by Crippen LogP contribution is 2.28. The first-order valence-electron chi connectivity index (χ1n) is 11.4. The Morgan fingerprint density at radius 2 is 2.03 bits per heavy atom. The SMILES string of the molecule is COc1ccc(Cl)cc1C(=O)N1CCC(CCCCNC(=O)c2cc3cnccc3[nH]2)CC1. The third-order valence-electron chi connectivity index (χ3n) is 6.28. The fourth-order valence-corrected chi connectivity index (χ4v) is 4.56. The van der Waals surface area contributed by atoms with E-state index in [-0.39, 0.29) is 11.8 Å². The number of pyridine rings is 1. The van der Waals surface area contributed by atoms with E-state index >= 15 is 0 Å². The van der Waals surface area contributed by atoms with Crippen molar-refractivity contribution in [1.29, 1.82) is 0 Å². The molecule has 0 spiro atoms. The lowest BCUT2D eigenvalue weighted by molar-refractivity contribution is 0.0682. The Labute approximate surface area is 198 Å². The number of carbonyl (C=O) groups excluding carboxylic acids is 2. The van der Waals surface area contributed by atoms with E-state index in [0.717, 1.165) is 56.1 Å². The third-order valence-corrected chi connectivity index (χ3v) is 6.52. The summed E-state index contributed by atoms with van der Waals surface area (Å²) >= 11 is 6.08. The van der Waals surface area contributed by atoms with E-state index < -0.39 is 0 Å². The molecule has 2 N–H and O–H groups in total. The van der Waals surface area contributed by atoms with Crippen LogP contribution in [0.3, 0.4) is 0 Å². The number of unbranched alkanes of at least 4 members (excludes halogenated alkanes) is 1. The first-order chi connectivity index (χ1) is 16.0. The topological polar surface area (TPSA) is 87.3 Å². The van der Waals surface area contributed by atoms with Crippen LogP contribution in [-0.2, 0) is 0 Å². The van der Waals surface area contributed by atoms with E-state index in [0.29, 0.717) is 34.5 Å². The molecule has 1 aliphatic heterocycles. The van der Waals surface area contributed by atoms with Gasteiger partial charge in [-0.05, 0) is 55.5 Å². The number of fused-ring (bicyclic) bond motifs is 1. The second-order valence-corrected chi connectivity index (χ2v) is 8.91. The van der Waals surface area contributed by atoms with Gasteiger partial charge in [0, 0.05) is 48.0 Å². The summed E-state index contributed by atoms with van der Waals surface area (Å²) in [6, 6.07) is 8.82. The molecule has 0 bridgehead atoms. The van der Waals surface area contributed by atoms with Gasteiger partial charge in [-0.25, -0.2) is 0 Å². The molecule has 2 amide bonds. The predicted molar refractivity (Wildman–Crippen MR) is 129 cm³/mol. The molecule has 7 nitrogen and oxygen atoms in total. The Kier molecular flexibility index (Phi) is 7.50. The van der Waals surface area contributed by atoms with E-state index in [1.54, 1.807) is 37.7 Å². The van der Waals surface area contributed by atoms with Gasteiger partial charge >= 0.3 is 0 Å². The van der Waals surface area contributed by atoms with Gasteiger partial charge < -0.3 is 19.9 Å². The summed E-state index contributed by atoms with van der Waals surface area (Å²) < 4.78 is 5.33. The average molecular weight is 469 g/mol. The molecule has 8 heteroatoms. The zero-order chi connectivity index (χ0) is 23.2. The molecule has 4 rings (SSSR count). The number of aromatic amines is 1. The van der Waals surface area contributed by atoms with Crippen molar-refractivity contribution in [3.8, 4) is 5.75 Å². The molecule has 0 atom stereocenters.